The van der Waals surface area contributed by atoms with Crippen molar-refractivity contribution in [3.05, 3.63) is 53.3 Å². The number of ether oxygens (including phenoxy) is 2. The van der Waals surface area contributed by atoms with Crippen molar-refractivity contribution in [3.63, 3.8) is 0 Å². The van der Waals surface area contributed by atoms with Crippen LogP contribution in [0.5, 0.6) is 11.5 Å². The molecule has 0 aliphatic carbocycles. The minimum atomic E-state index is -0.369. The molecule has 0 fully saturated rings. The molecule has 0 amide bonds. The summed E-state index contributed by atoms with van der Waals surface area (Å²) in [6.45, 7) is 0.156. The van der Waals surface area contributed by atoms with Crippen molar-refractivity contribution in [2.24, 2.45) is 0 Å². The Morgan fingerprint density at radius 2 is 1.90 bits per heavy atom. The molecule has 2 aliphatic heterocycles. The Morgan fingerprint density at radius 3 is 2.71 bits per heavy atom. The molecule has 21 heavy (non-hydrogen) atoms. The van der Waals surface area contributed by atoms with E-state index in [0.717, 1.165) is 0 Å². The summed E-state index contributed by atoms with van der Waals surface area (Å²) in [4.78, 5) is 12.3. The minimum Gasteiger partial charge on any atom is -0.454 e. The van der Waals surface area contributed by atoms with Gasteiger partial charge in [-0.05, 0) is 12.1 Å². The quantitative estimate of drug-likeness (QED) is 0.873. The van der Waals surface area contributed by atoms with E-state index in [0.29, 0.717) is 28.3 Å². The lowest BCUT2D eigenvalue weighted by Gasteiger charge is -2.27. The molecule has 106 valence electrons. The number of fused-ring (bicyclic) bond motifs is 2. The number of Topliss-reactive ketones (excluding diaryl/α,β-unsaturated/α-hetero) is 1. The Hall–Kier alpha value is -2.56. The molecule has 2 aromatic rings. The van der Waals surface area contributed by atoms with Crippen molar-refractivity contribution in [3.8, 4) is 11.5 Å². The third kappa shape index (κ3) is 1.93. The Labute approximate surface area is 120 Å². The van der Waals surface area contributed by atoms with Crippen LogP contribution in [0.15, 0.2) is 36.4 Å². The van der Waals surface area contributed by atoms with Gasteiger partial charge < -0.3 is 14.8 Å². The maximum absolute atomic E-state index is 13.9. The Morgan fingerprint density at radius 1 is 1.14 bits per heavy atom. The number of hydrogen-bond donors (Lipinski definition) is 1. The predicted molar refractivity (Wildman–Crippen MR) is 74.3 cm³/mol. The van der Waals surface area contributed by atoms with Gasteiger partial charge in [0.15, 0.2) is 17.3 Å². The summed E-state index contributed by atoms with van der Waals surface area (Å²) in [6.07, 6.45) is 0.216. The molecule has 1 N–H and O–H groups in total. The van der Waals surface area contributed by atoms with Crippen molar-refractivity contribution < 1.29 is 18.7 Å². The van der Waals surface area contributed by atoms with Crippen LogP contribution in [0.1, 0.15) is 28.4 Å². The Bertz CT molecular complexity index is 744. The van der Waals surface area contributed by atoms with E-state index >= 15 is 0 Å². The van der Waals surface area contributed by atoms with Crippen LogP contribution in [0.4, 0.5) is 10.1 Å². The highest BCUT2D eigenvalue weighted by molar-refractivity contribution is 6.04. The molecule has 0 spiro atoms. The number of rotatable bonds is 1. The van der Waals surface area contributed by atoms with Gasteiger partial charge in [-0.1, -0.05) is 18.2 Å². The average molecular weight is 285 g/mol. The largest absolute Gasteiger partial charge is 0.454 e. The van der Waals surface area contributed by atoms with Crippen LogP contribution >= 0.6 is 0 Å². The maximum Gasteiger partial charge on any atom is 0.231 e. The highest BCUT2D eigenvalue weighted by Gasteiger charge is 2.30. The van der Waals surface area contributed by atoms with Gasteiger partial charge in [0.25, 0.3) is 0 Å². The molecular weight excluding hydrogens is 273 g/mol. The Balaban J connectivity index is 1.75. The third-order valence-electron chi connectivity index (χ3n) is 3.81. The van der Waals surface area contributed by atoms with Gasteiger partial charge in [0.05, 0.1) is 6.04 Å². The molecule has 4 nitrogen and oxygen atoms in total. The lowest BCUT2D eigenvalue weighted by molar-refractivity contribution is 0.0971. The lowest BCUT2D eigenvalue weighted by Crippen LogP contribution is -2.23. The van der Waals surface area contributed by atoms with E-state index in [2.05, 4.69) is 5.32 Å². The fourth-order valence-electron chi connectivity index (χ4n) is 2.77. The van der Waals surface area contributed by atoms with Crippen LogP contribution in [-0.4, -0.2) is 12.6 Å². The van der Waals surface area contributed by atoms with Crippen molar-refractivity contribution in [2.45, 2.75) is 12.5 Å². The molecule has 2 aliphatic rings. The predicted octanol–water partition coefficient (Wildman–Crippen LogP) is 3.29. The molecule has 2 aromatic carbocycles. The molecule has 0 saturated carbocycles. The fourth-order valence-corrected chi connectivity index (χ4v) is 2.77. The smallest absolute Gasteiger partial charge is 0.231 e. The van der Waals surface area contributed by atoms with E-state index < -0.39 is 0 Å². The molecule has 0 saturated heterocycles. The first-order valence-electron chi connectivity index (χ1n) is 6.70. The minimum absolute atomic E-state index is 0.0321. The van der Waals surface area contributed by atoms with Gasteiger partial charge in [0.1, 0.15) is 5.82 Å². The van der Waals surface area contributed by atoms with Crippen LogP contribution in [0.3, 0.4) is 0 Å². The zero-order valence-electron chi connectivity index (χ0n) is 11.1. The van der Waals surface area contributed by atoms with Crippen molar-refractivity contribution >= 4 is 11.5 Å². The summed E-state index contributed by atoms with van der Waals surface area (Å²) in [5, 5.41) is 3.22. The van der Waals surface area contributed by atoms with E-state index in [1.54, 1.807) is 30.3 Å². The summed E-state index contributed by atoms with van der Waals surface area (Å²) in [5.41, 5.74) is 1.71. The number of hydrogen-bond acceptors (Lipinski definition) is 4. The second-order valence-corrected chi connectivity index (χ2v) is 5.10. The maximum atomic E-state index is 13.9. The van der Waals surface area contributed by atoms with E-state index in [9.17, 15) is 9.18 Å². The number of benzene rings is 2. The second-order valence-electron chi connectivity index (χ2n) is 5.10. The summed E-state index contributed by atoms with van der Waals surface area (Å²) in [5.74, 6) is 0.832. The van der Waals surface area contributed by atoms with E-state index in [1.807, 2.05) is 0 Å². The van der Waals surface area contributed by atoms with E-state index in [1.165, 1.54) is 6.07 Å². The molecule has 0 bridgehead atoms. The molecule has 4 rings (SSSR count). The summed E-state index contributed by atoms with van der Waals surface area (Å²) >= 11 is 0. The van der Waals surface area contributed by atoms with Gasteiger partial charge >= 0.3 is 0 Å². The summed E-state index contributed by atoms with van der Waals surface area (Å²) in [7, 11) is 0. The van der Waals surface area contributed by atoms with Gasteiger partial charge in [-0.25, -0.2) is 4.39 Å². The van der Waals surface area contributed by atoms with Gasteiger partial charge in [-0.2, -0.15) is 0 Å². The number of carbonyl (C=O) groups excluding carboxylic acids is 1. The van der Waals surface area contributed by atoms with Crippen molar-refractivity contribution in [1.29, 1.82) is 0 Å². The third-order valence-corrected chi connectivity index (χ3v) is 3.81. The van der Waals surface area contributed by atoms with Crippen LogP contribution < -0.4 is 14.8 Å². The first-order valence-corrected chi connectivity index (χ1v) is 6.70. The molecule has 0 radical (unpaired) electrons. The second kappa shape index (κ2) is 4.48. The number of carbonyl (C=O) groups is 1. The normalized spacial score (nSPS) is 19.1. The molecule has 5 heteroatoms. The van der Waals surface area contributed by atoms with Crippen LogP contribution in [0, 0.1) is 5.82 Å². The van der Waals surface area contributed by atoms with E-state index in [-0.39, 0.29) is 30.9 Å². The fraction of sp³-hybridized carbons (Fsp3) is 0.188. The zero-order valence-corrected chi connectivity index (χ0v) is 11.1. The highest BCUT2D eigenvalue weighted by Crippen LogP contribution is 2.41. The van der Waals surface area contributed by atoms with Crippen LogP contribution in [0.25, 0.3) is 0 Å². The average Bonchev–Trinajstić information content (AvgIpc) is 2.93. The molecule has 2 heterocycles. The number of anilines is 1. The number of nitrogens with one attached hydrogen (secondary N) is 1. The number of halogens is 1. The van der Waals surface area contributed by atoms with Crippen molar-refractivity contribution in [2.75, 3.05) is 12.1 Å². The lowest BCUT2D eigenvalue weighted by atomic mass is 9.92. The first-order chi connectivity index (χ1) is 10.2. The first kappa shape index (κ1) is 12.2. The monoisotopic (exact) mass is 285 g/mol. The summed E-state index contributed by atoms with van der Waals surface area (Å²) in [6, 6.07) is 9.55. The van der Waals surface area contributed by atoms with Gasteiger partial charge in [0.2, 0.25) is 6.79 Å². The number of ketones is 1. The van der Waals surface area contributed by atoms with E-state index in [4.69, 9.17) is 9.47 Å². The summed E-state index contributed by atoms with van der Waals surface area (Å²) < 4.78 is 24.5. The van der Waals surface area contributed by atoms with Gasteiger partial charge in [0, 0.05) is 29.3 Å². The van der Waals surface area contributed by atoms with Gasteiger partial charge in [-0.15, -0.1) is 0 Å². The zero-order chi connectivity index (χ0) is 14.4. The van der Waals surface area contributed by atoms with Crippen LogP contribution in [0.2, 0.25) is 0 Å². The molecule has 0 unspecified atom stereocenters. The highest BCUT2D eigenvalue weighted by atomic mass is 19.1. The van der Waals surface area contributed by atoms with Gasteiger partial charge in [-0.3, -0.25) is 4.79 Å². The van der Waals surface area contributed by atoms with Crippen LogP contribution in [-0.2, 0) is 0 Å². The molecular formula is C16H12FNO3. The topological polar surface area (TPSA) is 47.6 Å². The standard InChI is InChI=1S/C16H12FNO3/c17-11-4-2-1-3-9(11)12-6-14(19)10-5-15-16(21-8-20-15)7-13(10)18-12/h1-5,7,12,18H,6,8H2/t12-/m0/s1. The van der Waals surface area contributed by atoms with Crippen molar-refractivity contribution in [1.82, 2.24) is 0 Å². The SMILES string of the molecule is O=C1C[C@@H](c2ccccc2F)Nc2cc3c(cc21)OCO3. The molecule has 1 atom stereocenters. The molecule has 0 aromatic heterocycles. The Kier molecular flexibility index (Phi) is 2.60.